The number of carbonyl (C=O) groups is 1. The minimum absolute atomic E-state index is 0.307. The first kappa shape index (κ1) is 19.5. The number of carboxylic acids is 1. The van der Waals surface area contributed by atoms with Crippen molar-refractivity contribution in [2.45, 2.75) is 88.9 Å². The van der Waals surface area contributed by atoms with Crippen LogP contribution in [-0.4, -0.2) is 47.5 Å². The van der Waals surface area contributed by atoms with Gasteiger partial charge in [0.15, 0.2) is 0 Å². The summed E-state index contributed by atoms with van der Waals surface area (Å²) < 4.78 is 12.5. The summed E-state index contributed by atoms with van der Waals surface area (Å²) in [6, 6.07) is 0. The molecule has 5 heteroatoms. The minimum atomic E-state index is -0.676. The van der Waals surface area contributed by atoms with Crippen LogP contribution in [0, 0.1) is 11.8 Å². The molecule has 0 unspecified atom stereocenters. The lowest BCUT2D eigenvalue weighted by molar-refractivity contribution is -0.137. The quantitative estimate of drug-likeness (QED) is 0.542. The van der Waals surface area contributed by atoms with E-state index in [9.17, 15) is 4.79 Å². The monoisotopic (exact) mass is 370 g/mol. The average molecular weight is 371 g/mol. The van der Waals surface area contributed by atoms with Crippen LogP contribution in [0.5, 0.6) is 0 Å². The summed E-state index contributed by atoms with van der Waals surface area (Å²) in [6.07, 6.45) is 13.8. The molecule has 2 bridgehead atoms. The van der Waals surface area contributed by atoms with Crippen LogP contribution in [0.15, 0.2) is 0 Å². The lowest BCUT2D eigenvalue weighted by atomic mass is 9.78. The molecule has 1 saturated carbocycles. The van der Waals surface area contributed by atoms with E-state index in [0.29, 0.717) is 36.6 Å². The average Bonchev–Trinajstić information content (AvgIpc) is 3.21. The van der Waals surface area contributed by atoms with E-state index in [1.54, 1.807) is 0 Å². The highest BCUT2D eigenvalue weighted by molar-refractivity contribution is 7.99. The number of carboxylic acid groups (broad SMARTS) is 1. The second kappa shape index (κ2) is 10.2. The van der Waals surface area contributed by atoms with E-state index >= 15 is 0 Å². The molecule has 0 radical (unpaired) electrons. The Labute approximate surface area is 156 Å². The fraction of sp³-hybridized carbons (Fsp3) is 0.950. The lowest BCUT2D eigenvalue weighted by Gasteiger charge is -2.30. The first-order valence-electron chi connectivity index (χ1n) is 10.3. The highest BCUT2D eigenvalue weighted by Crippen LogP contribution is 2.45. The van der Waals surface area contributed by atoms with E-state index in [-0.39, 0.29) is 0 Å². The van der Waals surface area contributed by atoms with Crippen molar-refractivity contribution in [1.29, 1.82) is 0 Å². The second-order valence-corrected chi connectivity index (χ2v) is 9.19. The van der Waals surface area contributed by atoms with Gasteiger partial charge in [0.25, 0.3) is 0 Å². The summed E-state index contributed by atoms with van der Waals surface area (Å²) in [6.45, 7) is 0.903. The second-order valence-electron chi connectivity index (χ2n) is 7.96. The molecule has 3 aliphatic rings. The molecule has 2 aliphatic heterocycles. The molecule has 0 amide bonds. The zero-order valence-electron chi connectivity index (χ0n) is 15.4. The first-order valence-corrected chi connectivity index (χ1v) is 11.5. The van der Waals surface area contributed by atoms with Crippen LogP contribution in [0.1, 0.15) is 70.6 Å². The molecular formula is C20H34O4S. The number of ether oxygens (including phenoxy) is 2. The SMILES string of the molecule is O=C(O)CCCCSCC[C@@H]1[C@H](COC2CCCCC2)[C@@H]2CC[C@H]1O2. The summed E-state index contributed by atoms with van der Waals surface area (Å²) in [4.78, 5) is 10.5. The Balaban J connectivity index is 1.33. The van der Waals surface area contributed by atoms with Crippen LogP contribution in [-0.2, 0) is 14.3 Å². The van der Waals surface area contributed by atoms with Crippen molar-refractivity contribution < 1.29 is 19.4 Å². The molecule has 25 heavy (non-hydrogen) atoms. The lowest BCUT2D eigenvalue weighted by Crippen LogP contribution is -2.33. The summed E-state index contributed by atoms with van der Waals surface area (Å²) >= 11 is 1.98. The van der Waals surface area contributed by atoms with Gasteiger partial charge in [0, 0.05) is 12.3 Å². The molecule has 0 aromatic rings. The molecule has 4 atom stereocenters. The van der Waals surface area contributed by atoms with E-state index < -0.39 is 5.97 Å². The van der Waals surface area contributed by atoms with Gasteiger partial charge in [0.1, 0.15) is 0 Å². The van der Waals surface area contributed by atoms with E-state index in [1.807, 2.05) is 11.8 Å². The van der Waals surface area contributed by atoms with Gasteiger partial charge in [-0.15, -0.1) is 0 Å². The van der Waals surface area contributed by atoms with Gasteiger partial charge >= 0.3 is 5.97 Å². The van der Waals surface area contributed by atoms with Gasteiger partial charge in [0.05, 0.1) is 24.9 Å². The van der Waals surface area contributed by atoms with Crippen molar-refractivity contribution in [1.82, 2.24) is 0 Å². The van der Waals surface area contributed by atoms with Gasteiger partial charge in [-0.25, -0.2) is 0 Å². The highest BCUT2D eigenvalue weighted by Gasteiger charge is 2.48. The zero-order chi connectivity index (χ0) is 17.5. The van der Waals surface area contributed by atoms with Crippen LogP contribution in [0.2, 0.25) is 0 Å². The minimum Gasteiger partial charge on any atom is -0.481 e. The predicted molar refractivity (Wildman–Crippen MR) is 101 cm³/mol. The Morgan fingerprint density at radius 1 is 1.00 bits per heavy atom. The summed E-state index contributed by atoms with van der Waals surface area (Å²) in [7, 11) is 0. The highest BCUT2D eigenvalue weighted by atomic mass is 32.2. The smallest absolute Gasteiger partial charge is 0.303 e. The van der Waals surface area contributed by atoms with Gasteiger partial charge < -0.3 is 14.6 Å². The number of rotatable bonds is 11. The van der Waals surface area contributed by atoms with E-state index in [2.05, 4.69) is 0 Å². The molecule has 1 N–H and O–H groups in total. The molecular weight excluding hydrogens is 336 g/mol. The molecule has 3 rings (SSSR count). The van der Waals surface area contributed by atoms with Gasteiger partial charge in [0.2, 0.25) is 0 Å². The van der Waals surface area contributed by atoms with Crippen molar-refractivity contribution >= 4 is 17.7 Å². The van der Waals surface area contributed by atoms with Gasteiger partial charge in [-0.1, -0.05) is 19.3 Å². The van der Waals surface area contributed by atoms with Crippen LogP contribution < -0.4 is 0 Å². The molecule has 4 nitrogen and oxygen atoms in total. The molecule has 0 aromatic heterocycles. The number of hydrogen-bond donors (Lipinski definition) is 1. The van der Waals surface area contributed by atoms with Crippen molar-refractivity contribution in [2.24, 2.45) is 11.8 Å². The summed E-state index contributed by atoms with van der Waals surface area (Å²) in [5, 5.41) is 8.66. The molecule has 0 spiro atoms. The topological polar surface area (TPSA) is 55.8 Å². The molecule has 2 heterocycles. The number of thioether (sulfide) groups is 1. The molecule has 2 saturated heterocycles. The van der Waals surface area contributed by atoms with Crippen molar-refractivity contribution in [2.75, 3.05) is 18.1 Å². The molecule has 3 fully saturated rings. The summed E-state index contributed by atoms with van der Waals surface area (Å²) in [5.41, 5.74) is 0. The Morgan fingerprint density at radius 2 is 1.76 bits per heavy atom. The van der Waals surface area contributed by atoms with Gasteiger partial charge in [-0.2, -0.15) is 11.8 Å². The van der Waals surface area contributed by atoms with Crippen molar-refractivity contribution in [3.63, 3.8) is 0 Å². The largest absolute Gasteiger partial charge is 0.481 e. The fourth-order valence-electron chi connectivity index (χ4n) is 4.78. The van der Waals surface area contributed by atoms with Crippen LogP contribution >= 0.6 is 11.8 Å². The van der Waals surface area contributed by atoms with Crippen molar-refractivity contribution in [3.8, 4) is 0 Å². The Bertz CT molecular complexity index is 411. The number of unbranched alkanes of at least 4 members (excludes halogenated alkanes) is 1. The molecule has 1 aliphatic carbocycles. The Kier molecular flexibility index (Phi) is 7.93. The van der Waals surface area contributed by atoms with E-state index in [1.165, 1.54) is 57.1 Å². The zero-order valence-corrected chi connectivity index (χ0v) is 16.2. The normalized spacial score (nSPS) is 32.3. The number of aliphatic carboxylic acids is 1. The van der Waals surface area contributed by atoms with E-state index in [0.717, 1.165) is 25.2 Å². The Morgan fingerprint density at radius 3 is 2.52 bits per heavy atom. The van der Waals surface area contributed by atoms with Crippen LogP contribution in [0.3, 0.4) is 0 Å². The van der Waals surface area contributed by atoms with E-state index in [4.69, 9.17) is 14.6 Å². The van der Waals surface area contributed by atoms with Crippen LogP contribution in [0.4, 0.5) is 0 Å². The number of hydrogen-bond acceptors (Lipinski definition) is 4. The fourth-order valence-corrected chi connectivity index (χ4v) is 5.83. The Hall–Kier alpha value is -0.260. The first-order chi connectivity index (χ1) is 12.2. The third kappa shape index (κ3) is 5.86. The maximum atomic E-state index is 10.5. The molecule has 0 aromatic carbocycles. The number of fused-ring (bicyclic) bond motifs is 2. The predicted octanol–water partition coefficient (Wildman–Crippen LogP) is 4.51. The summed E-state index contributed by atoms with van der Waals surface area (Å²) in [5.74, 6) is 2.86. The maximum Gasteiger partial charge on any atom is 0.303 e. The maximum absolute atomic E-state index is 10.5. The standard InChI is InChI=1S/C20H34O4S/c21-20(22)8-4-5-12-25-13-11-16-17(19-10-9-18(16)24-19)14-23-15-6-2-1-3-7-15/h15-19H,1-14H2,(H,21,22)/t16-,17+,18-,19+/m1/s1. The van der Waals surface area contributed by atoms with Crippen LogP contribution in [0.25, 0.3) is 0 Å². The third-order valence-corrected chi connectivity index (χ3v) is 7.29. The van der Waals surface area contributed by atoms with Crippen molar-refractivity contribution in [3.05, 3.63) is 0 Å². The third-order valence-electron chi connectivity index (χ3n) is 6.19. The van der Waals surface area contributed by atoms with Gasteiger partial charge in [-0.05, 0) is 62.4 Å². The molecule has 144 valence electrons. The van der Waals surface area contributed by atoms with Gasteiger partial charge in [-0.3, -0.25) is 4.79 Å².